The molecule has 0 aliphatic carbocycles. The molecule has 0 radical (unpaired) electrons. The summed E-state index contributed by atoms with van der Waals surface area (Å²) in [5.74, 6) is -0.324. The highest BCUT2D eigenvalue weighted by Crippen LogP contribution is 2.25. The number of aromatic nitrogens is 2. The SMILES string of the molecule is CS(=O)(=O)c1ccc(-c2c[nH]c(=S)n2-c2ccc(F)cc2)cc1. The summed E-state index contributed by atoms with van der Waals surface area (Å²) in [5, 5.41) is 0. The molecule has 1 aromatic heterocycles. The summed E-state index contributed by atoms with van der Waals surface area (Å²) in [6, 6.07) is 12.5. The van der Waals surface area contributed by atoms with Crippen molar-refractivity contribution in [3.8, 4) is 16.9 Å². The highest BCUT2D eigenvalue weighted by atomic mass is 32.2. The maximum absolute atomic E-state index is 13.1. The Labute approximate surface area is 138 Å². The topological polar surface area (TPSA) is 54.9 Å². The standard InChI is InChI=1S/C16H13FN2O2S2/c1-23(20,21)14-8-2-11(3-9-14)15-10-18-16(22)19(15)13-6-4-12(17)5-7-13/h2-10H,1H3,(H,18,22). The zero-order chi connectivity index (χ0) is 16.6. The average Bonchev–Trinajstić information content (AvgIpc) is 2.89. The molecule has 1 N–H and O–H groups in total. The summed E-state index contributed by atoms with van der Waals surface area (Å²) in [5.41, 5.74) is 2.29. The summed E-state index contributed by atoms with van der Waals surface area (Å²) >= 11 is 5.29. The number of H-pyrrole nitrogens is 1. The van der Waals surface area contributed by atoms with Gasteiger partial charge in [0.05, 0.1) is 10.6 Å². The van der Waals surface area contributed by atoms with Crippen LogP contribution >= 0.6 is 12.2 Å². The predicted octanol–water partition coefficient (Wildman–Crippen LogP) is 3.74. The minimum atomic E-state index is -3.24. The lowest BCUT2D eigenvalue weighted by Crippen LogP contribution is -1.99. The van der Waals surface area contributed by atoms with Crippen LogP contribution < -0.4 is 0 Å². The fourth-order valence-corrected chi connectivity index (χ4v) is 3.19. The van der Waals surface area contributed by atoms with Crippen molar-refractivity contribution >= 4 is 22.1 Å². The van der Waals surface area contributed by atoms with Crippen LogP contribution in [0.15, 0.2) is 59.6 Å². The highest BCUT2D eigenvalue weighted by molar-refractivity contribution is 7.90. The number of benzene rings is 2. The van der Waals surface area contributed by atoms with Gasteiger partial charge in [0.1, 0.15) is 5.82 Å². The monoisotopic (exact) mass is 348 g/mol. The second-order valence-corrected chi connectivity index (χ2v) is 7.49. The Morgan fingerprint density at radius 2 is 1.65 bits per heavy atom. The van der Waals surface area contributed by atoms with Gasteiger partial charge in [-0.15, -0.1) is 0 Å². The van der Waals surface area contributed by atoms with E-state index in [2.05, 4.69) is 4.98 Å². The first-order chi connectivity index (χ1) is 10.9. The number of aromatic amines is 1. The Hall–Kier alpha value is -2.25. The van der Waals surface area contributed by atoms with E-state index in [1.807, 2.05) is 0 Å². The molecule has 2 aromatic carbocycles. The van der Waals surface area contributed by atoms with E-state index >= 15 is 0 Å². The third-order valence-electron chi connectivity index (χ3n) is 3.44. The van der Waals surface area contributed by atoms with Crippen LogP contribution in [0.1, 0.15) is 0 Å². The van der Waals surface area contributed by atoms with E-state index in [9.17, 15) is 12.8 Å². The Kier molecular flexibility index (Phi) is 3.91. The van der Waals surface area contributed by atoms with E-state index < -0.39 is 9.84 Å². The van der Waals surface area contributed by atoms with Crippen molar-refractivity contribution in [3.63, 3.8) is 0 Å². The van der Waals surface area contributed by atoms with Crippen LogP contribution in [-0.4, -0.2) is 24.2 Å². The number of hydrogen-bond donors (Lipinski definition) is 1. The second kappa shape index (κ2) is 5.75. The number of halogens is 1. The van der Waals surface area contributed by atoms with Gasteiger partial charge in [-0.25, -0.2) is 12.8 Å². The van der Waals surface area contributed by atoms with Crippen LogP contribution in [0.5, 0.6) is 0 Å². The molecule has 0 aliphatic rings. The van der Waals surface area contributed by atoms with Gasteiger partial charge in [0.2, 0.25) is 0 Å². The van der Waals surface area contributed by atoms with E-state index in [-0.39, 0.29) is 10.7 Å². The van der Waals surface area contributed by atoms with Gasteiger partial charge in [-0.1, -0.05) is 12.1 Å². The number of hydrogen-bond acceptors (Lipinski definition) is 3. The Bertz CT molecular complexity index is 1000. The second-order valence-electron chi connectivity index (χ2n) is 5.09. The smallest absolute Gasteiger partial charge is 0.182 e. The third-order valence-corrected chi connectivity index (χ3v) is 4.87. The van der Waals surface area contributed by atoms with Crippen molar-refractivity contribution in [1.29, 1.82) is 0 Å². The molecule has 23 heavy (non-hydrogen) atoms. The van der Waals surface area contributed by atoms with Gasteiger partial charge in [0, 0.05) is 23.7 Å². The van der Waals surface area contributed by atoms with Crippen LogP contribution in [0.3, 0.4) is 0 Å². The molecule has 4 nitrogen and oxygen atoms in total. The van der Waals surface area contributed by atoms with Crippen molar-refractivity contribution in [2.75, 3.05) is 6.26 Å². The van der Waals surface area contributed by atoms with Crippen molar-refractivity contribution in [2.45, 2.75) is 4.90 Å². The molecule has 0 bridgehead atoms. The third kappa shape index (κ3) is 3.11. The quantitative estimate of drug-likeness (QED) is 0.734. The number of nitrogens with zero attached hydrogens (tertiary/aromatic N) is 1. The molecule has 118 valence electrons. The number of imidazole rings is 1. The first kappa shape index (κ1) is 15.6. The van der Waals surface area contributed by atoms with Gasteiger partial charge >= 0.3 is 0 Å². The summed E-state index contributed by atoms with van der Waals surface area (Å²) in [6.07, 6.45) is 2.90. The summed E-state index contributed by atoms with van der Waals surface area (Å²) in [7, 11) is -3.24. The van der Waals surface area contributed by atoms with E-state index in [1.165, 1.54) is 18.4 Å². The van der Waals surface area contributed by atoms with Crippen LogP contribution in [0, 0.1) is 10.6 Å². The van der Waals surface area contributed by atoms with Crippen molar-refractivity contribution in [1.82, 2.24) is 9.55 Å². The fourth-order valence-electron chi connectivity index (χ4n) is 2.30. The first-order valence-electron chi connectivity index (χ1n) is 6.73. The van der Waals surface area contributed by atoms with Gasteiger partial charge in [0.25, 0.3) is 0 Å². The molecule has 0 atom stereocenters. The summed E-state index contributed by atoms with van der Waals surface area (Å²) < 4.78 is 38.4. The molecular formula is C16H13FN2O2S2. The van der Waals surface area contributed by atoms with Crippen LogP contribution in [0.4, 0.5) is 4.39 Å². The molecule has 3 aromatic rings. The van der Waals surface area contributed by atoms with E-state index in [4.69, 9.17) is 12.2 Å². The fraction of sp³-hybridized carbons (Fsp3) is 0.0625. The van der Waals surface area contributed by atoms with Gasteiger partial charge in [-0.2, -0.15) is 0 Å². The molecular weight excluding hydrogens is 335 g/mol. The molecule has 0 aliphatic heterocycles. The van der Waals surface area contributed by atoms with Gasteiger partial charge in [-0.3, -0.25) is 4.57 Å². The molecule has 7 heteroatoms. The normalized spacial score (nSPS) is 11.6. The maximum atomic E-state index is 13.1. The number of nitrogens with one attached hydrogen (secondary N) is 1. The van der Waals surface area contributed by atoms with Crippen LogP contribution in [-0.2, 0) is 9.84 Å². The molecule has 0 saturated heterocycles. The van der Waals surface area contributed by atoms with Gasteiger partial charge in [-0.05, 0) is 48.6 Å². The van der Waals surface area contributed by atoms with Crippen molar-refractivity contribution < 1.29 is 12.8 Å². The molecule has 0 amide bonds. The first-order valence-corrected chi connectivity index (χ1v) is 9.03. The lowest BCUT2D eigenvalue weighted by molar-refractivity contribution is 0.602. The van der Waals surface area contributed by atoms with Gasteiger partial charge < -0.3 is 4.98 Å². The number of sulfone groups is 1. The maximum Gasteiger partial charge on any atom is 0.182 e. The minimum Gasteiger partial charge on any atom is -0.336 e. The van der Waals surface area contributed by atoms with Crippen molar-refractivity contribution in [2.24, 2.45) is 0 Å². The Balaban J connectivity index is 2.12. The van der Waals surface area contributed by atoms with E-state index in [0.29, 0.717) is 4.77 Å². The van der Waals surface area contributed by atoms with Crippen LogP contribution in [0.2, 0.25) is 0 Å². The lowest BCUT2D eigenvalue weighted by atomic mass is 10.1. The van der Waals surface area contributed by atoms with Gasteiger partial charge in [0.15, 0.2) is 14.6 Å². The minimum absolute atomic E-state index is 0.253. The largest absolute Gasteiger partial charge is 0.336 e. The zero-order valence-corrected chi connectivity index (χ0v) is 13.8. The molecule has 0 saturated carbocycles. The lowest BCUT2D eigenvalue weighted by Gasteiger charge is -2.09. The molecule has 0 spiro atoms. The van der Waals surface area contributed by atoms with E-state index in [1.54, 1.807) is 47.2 Å². The Morgan fingerprint density at radius 1 is 1.04 bits per heavy atom. The Morgan fingerprint density at radius 3 is 2.22 bits per heavy atom. The van der Waals surface area contributed by atoms with Crippen molar-refractivity contribution in [3.05, 3.63) is 65.3 Å². The summed E-state index contributed by atoms with van der Waals surface area (Å²) in [6.45, 7) is 0. The molecule has 1 heterocycles. The predicted molar refractivity (Wildman–Crippen MR) is 89.5 cm³/mol. The summed E-state index contributed by atoms with van der Waals surface area (Å²) in [4.78, 5) is 3.21. The highest BCUT2D eigenvalue weighted by Gasteiger charge is 2.11. The zero-order valence-electron chi connectivity index (χ0n) is 12.2. The molecule has 0 fully saturated rings. The molecule has 3 rings (SSSR count). The molecule has 0 unspecified atom stereocenters. The van der Waals surface area contributed by atoms with E-state index in [0.717, 1.165) is 16.9 Å². The number of rotatable bonds is 3. The van der Waals surface area contributed by atoms with Crippen LogP contribution in [0.25, 0.3) is 16.9 Å². The average molecular weight is 348 g/mol.